The first-order valence-corrected chi connectivity index (χ1v) is 11.1. The van der Waals surface area contributed by atoms with Crippen LogP contribution in [0.15, 0.2) is 30.3 Å². The summed E-state index contributed by atoms with van der Waals surface area (Å²) in [6.45, 7) is 6.23. The second kappa shape index (κ2) is 8.17. The van der Waals surface area contributed by atoms with Crippen LogP contribution in [0, 0.1) is 11.3 Å². The van der Waals surface area contributed by atoms with Gasteiger partial charge in [-0.2, -0.15) is 0 Å². The molecule has 0 bridgehead atoms. The third kappa shape index (κ3) is 4.22. The Morgan fingerprint density at radius 2 is 1.67 bits per heavy atom. The second-order valence-electron chi connectivity index (χ2n) is 9.39. The van der Waals surface area contributed by atoms with E-state index in [1.54, 1.807) is 5.57 Å². The molecule has 0 atom stereocenters. The van der Waals surface area contributed by atoms with Crippen LogP contribution in [0.3, 0.4) is 0 Å². The monoisotopic (exact) mass is 386 g/mol. The molecule has 3 heteroatoms. The van der Waals surface area contributed by atoms with Crippen molar-refractivity contribution in [3.05, 3.63) is 35.9 Å². The van der Waals surface area contributed by atoms with Crippen molar-refractivity contribution in [2.24, 2.45) is 11.3 Å². The lowest BCUT2D eigenvalue weighted by Crippen LogP contribution is -2.47. The quantitative estimate of drug-likeness (QED) is 0.648. The minimum Gasteiger partial charge on any atom is -0.368 e. The molecule has 3 aliphatic carbocycles. The lowest BCUT2D eigenvalue weighted by molar-refractivity contribution is 0.248. The van der Waals surface area contributed by atoms with Crippen molar-refractivity contribution in [3.8, 4) is 0 Å². The van der Waals surface area contributed by atoms with Gasteiger partial charge in [-0.15, -0.1) is 12.4 Å². The Labute approximate surface area is 171 Å². The number of hydrogen-bond acceptors (Lipinski definition) is 2. The minimum atomic E-state index is 0. The van der Waals surface area contributed by atoms with Gasteiger partial charge in [0.2, 0.25) is 0 Å². The number of halogens is 1. The maximum absolute atomic E-state index is 2.69. The Bertz CT molecular complexity index is 665. The third-order valence-electron chi connectivity index (χ3n) is 7.55. The van der Waals surface area contributed by atoms with Crippen molar-refractivity contribution < 1.29 is 0 Å². The van der Waals surface area contributed by atoms with E-state index < -0.39 is 0 Å². The summed E-state index contributed by atoms with van der Waals surface area (Å²) in [4.78, 5) is 5.35. The van der Waals surface area contributed by atoms with Gasteiger partial charge in [0, 0.05) is 44.0 Å². The number of rotatable bonds is 4. The van der Waals surface area contributed by atoms with Gasteiger partial charge in [0.25, 0.3) is 0 Å². The minimum absolute atomic E-state index is 0. The largest absolute Gasteiger partial charge is 0.368 e. The fraction of sp³-hybridized carbons (Fsp3) is 0.667. The molecule has 0 amide bonds. The summed E-state index contributed by atoms with van der Waals surface area (Å²) in [5, 5.41) is 0. The zero-order valence-corrected chi connectivity index (χ0v) is 17.5. The lowest BCUT2D eigenvalue weighted by atomic mass is 9.72. The Morgan fingerprint density at radius 1 is 0.926 bits per heavy atom. The summed E-state index contributed by atoms with van der Waals surface area (Å²) in [5.41, 5.74) is 5.31. The topological polar surface area (TPSA) is 6.48 Å². The molecule has 27 heavy (non-hydrogen) atoms. The zero-order valence-electron chi connectivity index (χ0n) is 16.7. The molecule has 148 valence electrons. The molecule has 1 aliphatic heterocycles. The van der Waals surface area contributed by atoms with Crippen molar-refractivity contribution in [1.82, 2.24) is 4.90 Å². The highest BCUT2D eigenvalue weighted by Crippen LogP contribution is 2.50. The van der Waals surface area contributed by atoms with Crippen molar-refractivity contribution >= 4 is 23.7 Å². The lowest BCUT2D eigenvalue weighted by Gasteiger charge is -2.38. The molecular formula is C24H35ClN2. The summed E-state index contributed by atoms with van der Waals surface area (Å²) in [5.74, 6) is 1.02. The molecule has 1 spiro atoms. The van der Waals surface area contributed by atoms with Gasteiger partial charge in [0.05, 0.1) is 0 Å². The highest BCUT2D eigenvalue weighted by Gasteiger charge is 2.35. The van der Waals surface area contributed by atoms with Crippen LogP contribution in [0.2, 0.25) is 0 Å². The van der Waals surface area contributed by atoms with E-state index in [0.29, 0.717) is 5.41 Å². The van der Waals surface area contributed by atoms with Gasteiger partial charge in [0.15, 0.2) is 0 Å². The summed E-state index contributed by atoms with van der Waals surface area (Å²) in [6.07, 6.45) is 15.5. The van der Waals surface area contributed by atoms with E-state index in [9.17, 15) is 0 Å². The summed E-state index contributed by atoms with van der Waals surface area (Å²) >= 11 is 0. The van der Waals surface area contributed by atoms with Gasteiger partial charge < -0.3 is 4.90 Å². The first kappa shape index (κ1) is 19.3. The molecular weight excluding hydrogens is 352 g/mol. The predicted octanol–water partition coefficient (Wildman–Crippen LogP) is 5.77. The van der Waals surface area contributed by atoms with Crippen LogP contribution in [-0.2, 0) is 0 Å². The Kier molecular flexibility index (Phi) is 5.85. The van der Waals surface area contributed by atoms with Crippen molar-refractivity contribution in [2.75, 3.05) is 37.6 Å². The second-order valence-corrected chi connectivity index (χ2v) is 9.39. The summed E-state index contributed by atoms with van der Waals surface area (Å²) in [7, 11) is 0. The normalized spacial score (nSPS) is 25.3. The maximum atomic E-state index is 2.69. The van der Waals surface area contributed by atoms with Crippen molar-refractivity contribution in [3.63, 3.8) is 0 Å². The smallest absolute Gasteiger partial charge is 0.0443 e. The summed E-state index contributed by atoms with van der Waals surface area (Å²) in [6, 6.07) is 9.22. The molecule has 0 aromatic heterocycles. The molecule has 1 aromatic rings. The molecule has 2 nitrogen and oxygen atoms in total. The molecule has 4 aliphatic rings. The Morgan fingerprint density at radius 3 is 2.33 bits per heavy atom. The van der Waals surface area contributed by atoms with E-state index in [1.807, 2.05) is 0 Å². The van der Waals surface area contributed by atoms with E-state index in [1.165, 1.54) is 102 Å². The number of para-hydroxylation sites is 1. The molecule has 2 saturated carbocycles. The molecule has 5 rings (SSSR count). The highest BCUT2D eigenvalue weighted by molar-refractivity contribution is 5.85. The number of benzene rings is 1. The first-order chi connectivity index (χ1) is 12.8. The number of hydrogen-bond donors (Lipinski definition) is 0. The van der Waals surface area contributed by atoms with Gasteiger partial charge in [0.1, 0.15) is 0 Å². The number of allylic oxidation sites excluding steroid dienone is 2. The Balaban J connectivity index is 0.00000180. The molecule has 0 unspecified atom stereocenters. The number of anilines is 1. The molecule has 1 heterocycles. The first-order valence-electron chi connectivity index (χ1n) is 11.1. The number of nitrogens with zero attached hydrogens (tertiary/aromatic N) is 2. The van der Waals surface area contributed by atoms with Crippen LogP contribution < -0.4 is 4.90 Å². The fourth-order valence-corrected chi connectivity index (χ4v) is 5.63. The third-order valence-corrected chi connectivity index (χ3v) is 7.55. The molecule has 1 aromatic carbocycles. The van der Waals surface area contributed by atoms with Gasteiger partial charge in [-0.25, -0.2) is 0 Å². The van der Waals surface area contributed by atoms with E-state index >= 15 is 0 Å². The van der Waals surface area contributed by atoms with Crippen LogP contribution in [-0.4, -0.2) is 37.6 Å². The van der Waals surface area contributed by atoms with Crippen molar-refractivity contribution in [1.29, 1.82) is 0 Å². The molecule has 1 saturated heterocycles. The summed E-state index contributed by atoms with van der Waals surface area (Å²) < 4.78 is 0. The van der Waals surface area contributed by atoms with Crippen LogP contribution in [0.1, 0.15) is 63.4 Å². The SMILES string of the molecule is C1=C(c2ccccc2N2CCN(CC3CC3)CC2)CCC2(C1)CCCC2.Cl. The zero-order chi connectivity index (χ0) is 17.4. The average Bonchev–Trinajstić information content (AvgIpc) is 3.40. The van der Waals surface area contributed by atoms with Crippen LogP contribution in [0.25, 0.3) is 5.57 Å². The fourth-order valence-electron chi connectivity index (χ4n) is 5.63. The van der Waals surface area contributed by atoms with E-state index in [4.69, 9.17) is 0 Å². The average molecular weight is 387 g/mol. The van der Waals surface area contributed by atoms with E-state index in [0.717, 1.165) is 5.92 Å². The highest BCUT2D eigenvalue weighted by atomic mass is 35.5. The van der Waals surface area contributed by atoms with Crippen LogP contribution >= 0.6 is 12.4 Å². The van der Waals surface area contributed by atoms with Gasteiger partial charge in [-0.05, 0) is 67.9 Å². The van der Waals surface area contributed by atoms with Gasteiger partial charge in [-0.1, -0.05) is 37.1 Å². The van der Waals surface area contributed by atoms with Crippen molar-refractivity contribution in [2.45, 2.75) is 57.8 Å². The van der Waals surface area contributed by atoms with Gasteiger partial charge in [-0.3, -0.25) is 4.90 Å². The van der Waals surface area contributed by atoms with Crippen LogP contribution in [0.5, 0.6) is 0 Å². The maximum Gasteiger partial charge on any atom is 0.0443 e. The molecule has 3 fully saturated rings. The Hall–Kier alpha value is -0.990. The van der Waals surface area contributed by atoms with E-state index in [-0.39, 0.29) is 12.4 Å². The predicted molar refractivity (Wildman–Crippen MR) is 118 cm³/mol. The van der Waals surface area contributed by atoms with E-state index in [2.05, 4.69) is 40.1 Å². The number of piperazine rings is 1. The molecule has 0 radical (unpaired) electrons. The molecule has 0 N–H and O–H groups in total. The standard InChI is InChI=1S/C24H34N2.ClH/c1-2-6-23(26-17-15-25(16-18-26)19-20-7-8-20)22(5-1)21-9-13-24(14-10-21)11-3-4-12-24;/h1-2,5-6,9,20H,3-4,7-8,10-19H2;1H. The van der Waals surface area contributed by atoms with Crippen LogP contribution in [0.4, 0.5) is 5.69 Å². The van der Waals surface area contributed by atoms with Gasteiger partial charge >= 0.3 is 0 Å².